The maximum absolute atomic E-state index is 12.4. The summed E-state index contributed by atoms with van der Waals surface area (Å²) in [5.74, 6) is -0.425. The first kappa shape index (κ1) is 17.3. The molecule has 2 aromatic heterocycles. The largest absolute Gasteiger partial charge is 0.495 e. The number of carbonyl (C=O) groups excluding carboxylic acids is 1. The van der Waals surface area contributed by atoms with E-state index in [0.717, 1.165) is 11.1 Å². The van der Waals surface area contributed by atoms with Gasteiger partial charge >= 0.3 is 5.97 Å². The van der Waals surface area contributed by atoms with Gasteiger partial charge in [0.25, 0.3) is 0 Å². The summed E-state index contributed by atoms with van der Waals surface area (Å²) in [5.41, 5.74) is 8.33. The standard InChI is InChI=1S/C19H18N2O5/c1-11-7-14-5-3-13(19(23)24)9-21(14)18(11)26-10-16(22)12-4-6-15(20)17(8-12)25-2/h3-9H,10,20H2,1-2H3,(H,23,24). The molecule has 26 heavy (non-hydrogen) atoms. The van der Waals surface area contributed by atoms with Gasteiger partial charge < -0.3 is 20.3 Å². The lowest BCUT2D eigenvalue weighted by Gasteiger charge is -2.10. The van der Waals surface area contributed by atoms with Crippen LogP contribution in [0.4, 0.5) is 5.69 Å². The number of nitrogens with two attached hydrogens (primary N) is 1. The molecule has 3 N–H and O–H groups in total. The molecule has 0 fully saturated rings. The zero-order valence-electron chi connectivity index (χ0n) is 14.4. The van der Waals surface area contributed by atoms with Crippen LogP contribution in [0.25, 0.3) is 5.52 Å². The summed E-state index contributed by atoms with van der Waals surface area (Å²) in [4.78, 5) is 23.6. The fourth-order valence-electron chi connectivity index (χ4n) is 2.69. The number of ether oxygens (including phenoxy) is 2. The molecule has 0 spiro atoms. The lowest BCUT2D eigenvalue weighted by atomic mass is 10.1. The van der Waals surface area contributed by atoms with Crippen molar-refractivity contribution in [3.8, 4) is 11.6 Å². The van der Waals surface area contributed by atoms with Gasteiger partial charge in [0.15, 0.2) is 12.4 Å². The number of anilines is 1. The molecule has 0 aliphatic rings. The number of carboxylic acid groups (broad SMARTS) is 1. The molecule has 0 atom stereocenters. The Bertz CT molecular complexity index is 1010. The van der Waals surface area contributed by atoms with Gasteiger partial charge in [0.05, 0.1) is 18.4 Å². The Morgan fingerprint density at radius 2 is 1.88 bits per heavy atom. The van der Waals surface area contributed by atoms with Gasteiger partial charge in [-0.05, 0) is 43.3 Å². The number of aromatic carboxylic acids is 1. The number of aryl methyl sites for hydroxylation is 1. The summed E-state index contributed by atoms with van der Waals surface area (Å²) in [6.07, 6.45) is 1.47. The molecule has 2 heterocycles. The van der Waals surface area contributed by atoms with Crippen LogP contribution in [0.1, 0.15) is 26.3 Å². The lowest BCUT2D eigenvalue weighted by Crippen LogP contribution is -2.13. The normalized spacial score (nSPS) is 10.7. The Morgan fingerprint density at radius 1 is 1.15 bits per heavy atom. The van der Waals surface area contributed by atoms with E-state index in [9.17, 15) is 9.59 Å². The van der Waals surface area contributed by atoms with Gasteiger partial charge in [0, 0.05) is 22.8 Å². The first-order chi connectivity index (χ1) is 12.4. The first-order valence-electron chi connectivity index (χ1n) is 7.85. The Morgan fingerprint density at radius 3 is 2.58 bits per heavy atom. The molecule has 7 heteroatoms. The van der Waals surface area contributed by atoms with Crippen molar-refractivity contribution >= 4 is 23.0 Å². The second kappa shape index (κ2) is 6.79. The number of ketones is 1. The molecule has 3 rings (SSSR count). The van der Waals surface area contributed by atoms with Crippen molar-refractivity contribution < 1.29 is 24.2 Å². The van der Waals surface area contributed by atoms with Gasteiger partial charge in [-0.1, -0.05) is 0 Å². The molecule has 1 aromatic carbocycles. The van der Waals surface area contributed by atoms with Gasteiger partial charge in [-0.2, -0.15) is 0 Å². The molecule has 0 unspecified atom stereocenters. The minimum atomic E-state index is -1.03. The van der Waals surface area contributed by atoms with Gasteiger partial charge in [0.1, 0.15) is 5.75 Å². The Kier molecular flexibility index (Phi) is 4.53. The summed E-state index contributed by atoms with van der Waals surface area (Å²) >= 11 is 0. The van der Waals surface area contributed by atoms with Gasteiger partial charge in [-0.3, -0.25) is 9.20 Å². The number of carboxylic acids is 1. The SMILES string of the molecule is COc1cc(C(=O)COc2c(C)cc3ccc(C(=O)O)cn23)ccc1N. The third kappa shape index (κ3) is 3.19. The molecule has 134 valence electrons. The van der Waals surface area contributed by atoms with Crippen LogP contribution in [0.15, 0.2) is 42.6 Å². The molecule has 7 nitrogen and oxygen atoms in total. The van der Waals surface area contributed by atoms with Crippen molar-refractivity contribution in [1.29, 1.82) is 0 Å². The zero-order valence-corrected chi connectivity index (χ0v) is 14.4. The molecule has 0 saturated carbocycles. The maximum Gasteiger partial charge on any atom is 0.337 e. The molecule has 0 saturated heterocycles. The Labute approximate surface area is 149 Å². The van der Waals surface area contributed by atoms with Crippen LogP contribution in [0.5, 0.6) is 11.6 Å². The van der Waals surface area contributed by atoms with Gasteiger partial charge in [-0.25, -0.2) is 4.79 Å². The zero-order chi connectivity index (χ0) is 18.8. The maximum atomic E-state index is 12.4. The van der Waals surface area contributed by atoms with Crippen LogP contribution in [-0.2, 0) is 0 Å². The highest BCUT2D eigenvalue weighted by Crippen LogP contribution is 2.25. The van der Waals surface area contributed by atoms with E-state index in [-0.39, 0.29) is 18.0 Å². The smallest absolute Gasteiger partial charge is 0.337 e. The summed E-state index contributed by atoms with van der Waals surface area (Å²) in [6.45, 7) is 1.64. The quantitative estimate of drug-likeness (QED) is 0.521. The molecule has 3 aromatic rings. The number of aromatic nitrogens is 1. The fraction of sp³-hybridized carbons (Fsp3) is 0.158. The third-order valence-electron chi connectivity index (χ3n) is 4.04. The first-order valence-corrected chi connectivity index (χ1v) is 7.85. The lowest BCUT2D eigenvalue weighted by molar-refractivity contribution is 0.0695. The van der Waals surface area contributed by atoms with Crippen molar-refractivity contribution in [3.63, 3.8) is 0 Å². The van der Waals surface area contributed by atoms with E-state index in [4.69, 9.17) is 20.3 Å². The number of benzene rings is 1. The third-order valence-corrected chi connectivity index (χ3v) is 4.04. The highest BCUT2D eigenvalue weighted by molar-refractivity contribution is 5.98. The number of fused-ring (bicyclic) bond motifs is 1. The monoisotopic (exact) mass is 354 g/mol. The van der Waals surface area contributed by atoms with Crippen molar-refractivity contribution in [1.82, 2.24) is 4.40 Å². The highest BCUT2D eigenvalue weighted by Gasteiger charge is 2.14. The number of carbonyl (C=O) groups is 2. The Balaban J connectivity index is 1.85. The van der Waals surface area contributed by atoms with E-state index in [0.29, 0.717) is 22.9 Å². The topological polar surface area (TPSA) is 103 Å². The van der Waals surface area contributed by atoms with Crippen molar-refractivity contribution in [2.75, 3.05) is 19.5 Å². The van der Waals surface area contributed by atoms with Crippen LogP contribution in [-0.4, -0.2) is 35.0 Å². The van der Waals surface area contributed by atoms with E-state index < -0.39 is 5.97 Å². The van der Waals surface area contributed by atoms with E-state index in [1.54, 1.807) is 28.7 Å². The van der Waals surface area contributed by atoms with E-state index in [1.807, 2.05) is 13.0 Å². The predicted molar refractivity (Wildman–Crippen MR) is 96.3 cm³/mol. The summed E-state index contributed by atoms with van der Waals surface area (Å²) < 4.78 is 12.4. The van der Waals surface area contributed by atoms with Crippen LogP contribution in [0.2, 0.25) is 0 Å². The average Bonchev–Trinajstić information content (AvgIpc) is 2.94. The highest BCUT2D eigenvalue weighted by atomic mass is 16.5. The van der Waals surface area contributed by atoms with Crippen molar-refractivity contribution in [2.45, 2.75) is 6.92 Å². The van der Waals surface area contributed by atoms with E-state index >= 15 is 0 Å². The summed E-state index contributed by atoms with van der Waals surface area (Å²) in [6, 6.07) is 9.84. The van der Waals surface area contributed by atoms with Crippen LogP contribution < -0.4 is 15.2 Å². The van der Waals surface area contributed by atoms with Crippen LogP contribution >= 0.6 is 0 Å². The number of methoxy groups -OCH3 is 1. The molecule has 0 aliphatic heterocycles. The van der Waals surface area contributed by atoms with Crippen LogP contribution in [0.3, 0.4) is 0 Å². The van der Waals surface area contributed by atoms with Crippen LogP contribution in [0, 0.1) is 6.92 Å². The minimum absolute atomic E-state index is 0.132. The number of hydrogen-bond acceptors (Lipinski definition) is 5. The molecular weight excluding hydrogens is 336 g/mol. The number of nitrogen functional groups attached to an aromatic ring is 1. The number of hydrogen-bond donors (Lipinski definition) is 2. The molecular formula is C19H18N2O5. The number of rotatable bonds is 6. The molecule has 0 amide bonds. The summed E-state index contributed by atoms with van der Waals surface area (Å²) in [5, 5.41) is 9.15. The molecule has 0 radical (unpaired) electrons. The van der Waals surface area contributed by atoms with Crippen molar-refractivity contribution in [2.24, 2.45) is 0 Å². The van der Waals surface area contributed by atoms with E-state index in [2.05, 4.69) is 0 Å². The minimum Gasteiger partial charge on any atom is -0.495 e. The van der Waals surface area contributed by atoms with E-state index in [1.165, 1.54) is 19.4 Å². The number of Topliss-reactive ketones (excluding diaryl/α,β-unsaturated/α-hetero) is 1. The predicted octanol–water partition coefficient (Wildman–Crippen LogP) is 2.80. The number of pyridine rings is 1. The van der Waals surface area contributed by atoms with Gasteiger partial charge in [0.2, 0.25) is 5.88 Å². The summed E-state index contributed by atoms with van der Waals surface area (Å²) in [7, 11) is 1.48. The second-order valence-corrected chi connectivity index (χ2v) is 5.82. The fourth-order valence-corrected chi connectivity index (χ4v) is 2.69. The molecule has 0 aliphatic carbocycles. The second-order valence-electron chi connectivity index (χ2n) is 5.82. The molecule has 0 bridgehead atoms. The number of nitrogens with zero attached hydrogens (tertiary/aromatic N) is 1. The van der Waals surface area contributed by atoms with Crippen molar-refractivity contribution in [3.05, 3.63) is 59.3 Å². The Hall–Kier alpha value is -3.48. The average molecular weight is 354 g/mol. The van der Waals surface area contributed by atoms with Gasteiger partial charge in [-0.15, -0.1) is 0 Å².